The minimum absolute atomic E-state index is 0.284. The zero-order valence-electron chi connectivity index (χ0n) is 10.4. The van der Waals surface area contributed by atoms with Crippen molar-refractivity contribution in [2.75, 3.05) is 26.1 Å². The van der Waals surface area contributed by atoms with E-state index in [1.165, 1.54) is 20.3 Å². The van der Waals surface area contributed by atoms with Crippen LogP contribution in [0, 0.1) is 0 Å². The Morgan fingerprint density at radius 3 is 2.06 bits per heavy atom. The molecule has 0 amide bonds. The highest BCUT2D eigenvalue weighted by Crippen LogP contribution is 2.16. The SMILES string of the molecule is C=CCNc1cc(C(=O)OC)cc(C(=O)OC)c1. The first kappa shape index (κ1) is 13.8. The van der Waals surface area contributed by atoms with Crippen LogP contribution in [0.4, 0.5) is 5.69 Å². The van der Waals surface area contributed by atoms with Gasteiger partial charge in [-0.1, -0.05) is 6.08 Å². The van der Waals surface area contributed by atoms with Gasteiger partial charge in [-0.15, -0.1) is 6.58 Å². The molecule has 0 aliphatic carbocycles. The first-order valence-electron chi connectivity index (χ1n) is 5.29. The maximum atomic E-state index is 11.5. The summed E-state index contributed by atoms with van der Waals surface area (Å²) in [6, 6.07) is 4.63. The summed E-state index contributed by atoms with van der Waals surface area (Å²) >= 11 is 0. The van der Waals surface area contributed by atoms with Gasteiger partial charge in [-0.2, -0.15) is 0 Å². The molecular formula is C13H15NO4. The predicted octanol–water partition coefficient (Wildman–Crippen LogP) is 1.86. The van der Waals surface area contributed by atoms with Crippen molar-refractivity contribution in [1.82, 2.24) is 0 Å². The lowest BCUT2D eigenvalue weighted by Crippen LogP contribution is -2.08. The molecule has 5 nitrogen and oxygen atoms in total. The Morgan fingerprint density at radius 1 is 1.17 bits per heavy atom. The topological polar surface area (TPSA) is 64.6 Å². The molecule has 0 fully saturated rings. The van der Waals surface area contributed by atoms with Crippen LogP contribution < -0.4 is 5.32 Å². The number of anilines is 1. The molecular weight excluding hydrogens is 234 g/mol. The molecule has 0 aromatic heterocycles. The zero-order chi connectivity index (χ0) is 13.5. The van der Waals surface area contributed by atoms with Crippen LogP contribution in [0.15, 0.2) is 30.9 Å². The Bertz CT molecular complexity index is 434. The zero-order valence-corrected chi connectivity index (χ0v) is 10.4. The average Bonchev–Trinajstić information content (AvgIpc) is 2.42. The third kappa shape index (κ3) is 3.35. The molecule has 0 saturated carbocycles. The van der Waals surface area contributed by atoms with Crippen LogP contribution in [0.25, 0.3) is 0 Å². The third-order valence-corrected chi connectivity index (χ3v) is 2.23. The smallest absolute Gasteiger partial charge is 0.337 e. The minimum Gasteiger partial charge on any atom is -0.465 e. The molecule has 0 bridgehead atoms. The van der Waals surface area contributed by atoms with Crippen molar-refractivity contribution in [3.8, 4) is 0 Å². The summed E-state index contributed by atoms with van der Waals surface area (Å²) in [5.41, 5.74) is 1.19. The Balaban J connectivity index is 3.14. The van der Waals surface area contributed by atoms with Gasteiger partial charge in [-0.3, -0.25) is 0 Å². The van der Waals surface area contributed by atoms with E-state index < -0.39 is 11.9 Å². The lowest BCUT2D eigenvalue weighted by molar-refractivity contribution is 0.0599. The predicted molar refractivity (Wildman–Crippen MR) is 67.8 cm³/mol. The molecule has 0 heterocycles. The van der Waals surface area contributed by atoms with Gasteiger partial charge < -0.3 is 14.8 Å². The second kappa shape index (κ2) is 6.44. The van der Waals surface area contributed by atoms with Gasteiger partial charge >= 0.3 is 11.9 Å². The molecule has 5 heteroatoms. The van der Waals surface area contributed by atoms with Crippen LogP contribution in [0.3, 0.4) is 0 Å². The summed E-state index contributed by atoms with van der Waals surface area (Å²) in [6.45, 7) is 4.10. The number of benzene rings is 1. The fourth-order valence-electron chi connectivity index (χ4n) is 1.39. The molecule has 1 rings (SSSR count). The van der Waals surface area contributed by atoms with Gasteiger partial charge in [0.05, 0.1) is 25.3 Å². The van der Waals surface area contributed by atoms with Gasteiger partial charge in [0.1, 0.15) is 0 Å². The van der Waals surface area contributed by atoms with E-state index in [0.717, 1.165) is 0 Å². The van der Waals surface area contributed by atoms with E-state index in [4.69, 9.17) is 0 Å². The van der Waals surface area contributed by atoms with Crippen LogP contribution in [-0.4, -0.2) is 32.7 Å². The molecule has 0 aliphatic rings. The number of carbonyl (C=O) groups is 2. The van der Waals surface area contributed by atoms with Crippen LogP contribution in [0.5, 0.6) is 0 Å². The number of ether oxygens (including phenoxy) is 2. The molecule has 0 radical (unpaired) electrons. The first-order valence-corrected chi connectivity index (χ1v) is 5.29. The highest BCUT2D eigenvalue weighted by Gasteiger charge is 2.13. The van der Waals surface area contributed by atoms with Gasteiger partial charge in [0, 0.05) is 12.2 Å². The van der Waals surface area contributed by atoms with Gasteiger partial charge in [0.25, 0.3) is 0 Å². The van der Waals surface area contributed by atoms with E-state index in [1.54, 1.807) is 18.2 Å². The van der Waals surface area contributed by atoms with E-state index in [-0.39, 0.29) is 11.1 Å². The van der Waals surface area contributed by atoms with Crippen LogP contribution >= 0.6 is 0 Å². The number of methoxy groups -OCH3 is 2. The lowest BCUT2D eigenvalue weighted by atomic mass is 10.1. The second-order valence-corrected chi connectivity index (χ2v) is 3.45. The van der Waals surface area contributed by atoms with Gasteiger partial charge in [-0.25, -0.2) is 9.59 Å². The van der Waals surface area contributed by atoms with Crippen LogP contribution in [0.2, 0.25) is 0 Å². The quantitative estimate of drug-likeness (QED) is 0.637. The Labute approximate surface area is 105 Å². The number of nitrogens with one attached hydrogen (secondary N) is 1. The summed E-state index contributed by atoms with van der Waals surface area (Å²) in [5.74, 6) is -1.02. The fourth-order valence-corrected chi connectivity index (χ4v) is 1.39. The van der Waals surface area contributed by atoms with Gasteiger partial charge in [0.2, 0.25) is 0 Å². The maximum absolute atomic E-state index is 11.5. The Kier molecular flexibility index (Phi) is 4.92. The summed E-state index contributed by atoms with van der Waals surface area (Å²) in [6.07, 6.45) is 1.67. The maximum Gasteiger partial charge on any atom is 0.337 e. The van der Waals surface area contributed by atoms with E-state index >= 15 is 0 Å². The monoisotopic (exact) mass is 249 g/mol. The Morgan fingerprint density at radius 2 is 1.67 bits per heavy atom. The molecule has 0 spiro atoms. The highest BCUT2D eigenvalue weighted by atomic mass is 16.5. The van der Waals surface area contributed by atoms with E-state index in [9.17, 15) is 9.59 Å². The van der Waals surface area contributed by atoms with E-state index in [0.29, 0.717) is 12.2 Å². The highest BCUT2D eigenvalue weighted by molar-refractivity contribution is 5.96. The summed E-state index contributed by atoms with van der Waals surface area (Å²) < 4.78 is 9.25. The van der Waals surface area contributed by atoms with Crippen LogP contribution in [0.1, 0.15) is 20.7 Å². The largest absolute Gasteiger partial charge is 0.465 e. The van der Waals surface area contributed by atoms with Crippen LogP contribution in [-0.2, 0) is 9.47 Å². The van der Waals surface area contributed by atoms with E-state index in [2.05, 4.69) is 21.4 Å². The molecule has 0 aliphatic heterocycles. The minimum atomic E-state index is -0.512. The van der Waals surface area contributed by atoms with Crippen molar-refractivity contribution in [1.29, 1.82) is 0 Å². The standard InChI is InChI=1S/C13H15NO4/c1-4-5-14-11-7-9(12(15)17-2)6-10(8-11)13(16)18-3/h4,6-8,14H,1,5H2,2-3H3. The van der Waals surface area contributed by atoms with E-state index in [1.807, 2.05) is 0 Å². The van der Waals surface area contributed by atoms with Crippen molar-refractivity contribution >= 4 is 17.6 Å². The normalized spacial score (nSPS) is 9.44. The number of hydrogen-bond acceptors (Lipinski definition) is 5. The lowest BCUT2D eigenvalue weighted by Gasteiger charge is -2.08. The number of esters is 2. The molecule has 1 aromatic rings. The fraction of sp³-hybridized carbons (Fsp3) is 0.231. The van der Waals surface area contributed by atoms with Crippen molar-refractivity contribution in [2.45, 2.75) is 0 Å². The molecule has 1 N–H and O–H groups in total. The van der Waals surface area contributed by atoms with Crippen molar-refractivity contribution < 1.29 is 19.1 Å². The molecule has 18 heavy (non-hydrogen) atoms. The first-order chi connectivity index (χ1) is 8.62. The summed E-state index contributed by atoms with van der Waals surface area (Å²) in [7, 11) is 2.56. The van der Waals surface area contributed by atoms with Crippen molar-refractivity contribution in [3.63, 3.8) is 0 Å². The molecule has 1 aromatic carbocycles. The molecule has 0 unspecified atom stereocenters. The average molecular weight is 249 g/mol. The Hall–Kier alpha value is -2.30. The number of rotatable bonds is 5. The van der Waals surface area contributed by atoms with Crippen molar-refractivity contribution in [2.24, 2.45) is 0 Å². The summed E-state index contributed by atoms with van der Waals surface area (Å²) in [5, 5.41) is 3.00. The number of hydrogen-bond donors (Lipinski definition) is 1. The molecule has 96 valence electrons. The van der Waals surface area contributed by atoms with Gasteiger partial charge in [0.15, 0.2) is 0 Å². The third-order valence-electron chi connectivity index (χ3n) is 2.23. The molecule has 0 atom stereocenters. The van der Waals surface area contributed by atoms with Crippen molar-refractivity contribution in [3.05, 3.63) is 42.0 Å². The van der Waals surface area contributed by atoms with Gasteiger partial charge in [-0.05, 0) is 18.2 Å². The number of carbonyl (C=O) groups excluding carboxylic acids is 2. The molecule has 0 saturated heterocycles. The summed E-state index contributed by atoms with van der Waals surface area (Å²) in [4.78, 5) is 23.0. The second-order valence-electron chi connectivity index (χ2n) is 3.45.